The van der Waals surface area contributed by atoms with Gasteiger partial charge in [-0.2, -0.15) is 5.26 Å². The zero-order valence-corrected chi connectivity index (χ0v) is 11.8. The number of carbonyl (C=O) groups excluding carboxylic acids is 1. The number of carbonyl (C=O) groups is 1. The van der Waals surface area contributed by atoms with Crippen molar-refractivity contribution in [1.82, 2.24) is 5.32 Å². The van der Waals surface area contributed by atoms with E-state index in [4.69, 9.17) is 5.26 Å². The second kappa shape index (κ2) is 5.45. The Balaban J connectivity index is 2.16. The Morgan fingerprint density at radius 2 is 2.00 bits per heavy atom. The molecule has 6 heteroatoms. The van der Waals surface area contributed by atoms with Gasteiger partial charge in [0.25, 0.3) is 5.91 Å². The molecule has 0 saturated heterocycles. The van der Waals surface area contributed by atoms with Gasteiger partial charge in [0.1, 0.15) is 6.54 Å². The first-order valence-corrected chi connectivity index (χ1v) is 7.14. The zero-order valence-electron chi connectivity index (χ0n) is 8.57. The van der Waals surface area contributed by atoms with Crippen molar-refractivity contribution in [1.29, 1.82) is 5.26 Å². The van der Waals surface area contributed by atoms with Crippen LogP contribution in [-0.2, 0) is 0 Å². The number of hydrogen-bond acceptors (Lipinski definition) is 4. The highest BCUT2D eigenvalue weighted by Gasteiger charge is 2.10. The standard InChI is InChI=1S/C11H7BrN2OS2/c12-10-4-3-8(17-10)7-1-2-9(16-7)11(15)14-6-5-13/h1-4H,6H2,(H,14,15). The van der Waals surface area contributed by atoms with Crippen molar-refractivity contribution in [3.05, 3.63) is 32.9 Å². The monoisotopic (exact) mass is 326 g/mol. The number of nitrogens with zero attached hydrogens (tertiary/aromatic N) is 1. The maximum absolute atomic E-state index is 11.6. The third-order valence-electron chi connectivity index (χ3n) is 1.97. The second-order valence-electron chi connectivity index (χ2n) is 3.11. The van der Waals surface area contributed by atoms with Crippen molar-refractivity contribution >= 4 is 44.5 Å². The van der Waals surface area contributed by atoms with Gasteiger partial charge in [-0.15, -0.1) is 22.7 Å². The van der Waals surface area contributed by atoms with E-state index >= 15 is 0 Å². The van der Waals surface area contributed by atoms with Crippen LogP contribution in [0.3, 0.4) is 0 Å². The average molecular weight is 327 g/mol. The number of thiophene rings is 2. The lowest BCUT2D eigenvalue weighted by atomic mass is 10.3. The summed E-state index contributed by atoms with van der Waals surface area (Å²) in [6.07, 6.45) is 0. The maximum Gasteiger partial charge on any atom is 0.262 e. The third kappa shape index (κ3) is 2.94. The summed E-state index contributed by atoms with van der Waals surface area (Å²) in [5, 5.41) is 10.9. The van der Waals surface area contributed by atoms with Gasteiger partial charge in [-0.3, -0.25) is 4.79 Å². The van der Waals surface area contributed by atoms with E-state index in [1.807, 2.05) is 24.3 Å². The van der Waals surface area contributed by atoms with Crippen LogP contribution in [0.15, 0.2) is 28.1 Å². The molecule has 0 spiro atoms. The first-order chi connectivity index (χ1) is 8.20. The Morgan fingerprint density at radius 3 is 2.65 bits per heavy atom. The van der Waals surface area contributed by atoms with Crippen LogP contribution in [0.1, 0.15) is 9.67 Å². The fraction of sp³-hybridized carbons (Fsp3) is 0.0909. The summed E-state index contributed by atoms with van der Waals surface area (Å²) < 4.78 is 1.07. The molecular weight excluding hydrogens is 320 g/mol. The van der Waals surface area contributed by atoms with E-state index in [0.29, 0.717) is 4.88 Å². The maximum atomic E-state index is 11.6. The van der Waals surface area contributed by atoms with E-state index < -0.39 is 0 Å². The molecule has 2 rings (SSSR count). The molecule has 0 aliphatic carbocycles. The Bertz CT molecular complexity index is 582. The van der Waals surface area contributed by atoms with Crippen molar-refractivity contribution in [2.45, 2.75) is 0 Å². The van der Waals surface area contributed by atoms with Gasteiger partial charge in [0.05, 0.1) is 14.7 Å². The smallest absolute Gasteiger partial charge is 0.262 e. The summed E-state index contributed by atoms with van der Waals surface area (Å²) in [6.45, 7) is 0.0383. The molecule has 0 fully saturated rings. The summed E-state index contributed by atoms with van der Waals surface area (Å²) in [7, 11) is 0. The average Bonchev–Trinajstić information content (AvgIpc) is 2.93. The fourth-order valence-electron chi connectivity index (χ4n) is 1.25. The number of rotatable bonds is 3. The van der Waals surface area contributed by atoms with E-state index in [9.17, 15) is 4.79 Å². The van der Waals surface area contributed by atoms with E-state index in [2.05, 4.69) is 21.2 Å². The predicted molar refractivity (Wildman–Crippen MR) is 73.3 cm³/mol. The highest BCUT2D eigenvalue weighted by molar-refractivity contribution is 9.11. The molecule has 2 heterocycles. The molecule has 1 N–H and O–H groups in total. The summed E-state index contributed by atoms with van der Waals surface area (Å²) in [5.41, 5.74) is 0. The SMILES string of the molecule is N#CCNC(=O)c1ccc(-c2ccc(Br)s2)s1. The zero-order chi connectivity index (χ0) is 12.3. The summed E-state index contributed by atoms with van der Waals surface area (Å²) in [5.74, 6) is -0.196. The molecule has 1 amide bonds. The lowest BCUT2D eigenvalue weighted by molar-refractivity contribution is 0.0962. The van der Waals surface area contributed by atoms with E-state index in [1.54, 1.807) is 17.4 Å². The van der Waals surface area contributed by atoms with Crippen LogP contribution >= 0.6 is 38.6 Å². The number of halogens is 1. The van der Waals surface area contributed by atoms with Crippen molar-refractivity contribution < 1.29 is 4.79 Å². The van der Waals surface area contributed by atoms with Gasteiger partial charge in [-0.1, -0.05) is 0 Å². The molecule has 86 valence electrons. The van der Waals surface area contributed by atoms with Gasteiger partial charge in [0.15, 0.2) is 0 Å². The summed E-state index contributed by atoms with van der Waals surface area (Å²) in [6, 6.07) is 9.57. The first-order valence-electron chi connectivity index (χ1n) is 4.71. The molecule has 0 atom stereocenters. The third-order valence-corrected chi connectivity index (χ3v) is 4.88. The second-order valence-corrected chi connectivity index (χ2v) is 6.66. The molecule has 0 aliphatic rings. The first kappa shape index (κ1) is 12.3. The molecule has 0 aliphatic heterocycles. The van der Waals surface area contributed by atoms with Gasteiger partial charge in [-0.25, -0.2) is 0 Å². The minimum Gasteiger partial charge on any atom is -0.338 e. The molecule has 2 aromatic heterocycles. The minimum atomic E-state index is -0.196. The number of nitrogens with one attached hydrogen (secondary N) is 1. The van der Waals surface area contributed by atoms with Crippen molar-refractivity contribution in [2.75, 3.05) is 6.54 Å². The number of amides is 1. The lowest BCUT2D eigenvalue weighted by Crippen LogP contribution is -2.22. The van der Waals surface area contributed by atoms with Crippen LogP contribution in [0.5, 0.6) is 0 Å². The molecule has 0 aromatic carbocycles. The number of nitriles is 1. The fourth-order valence-corrected chi connectivity index (χ4v) is 3.64. The van der Waals surface area contributed by atoms with Gasteiger partial charge in [0, 0.05) is 9.75 Å². The predicted octanol–water partition coefficient (Wildman–Crippen LogP) is 3.49. The van der Waals surface area contributed by atoms with Crippen LogP contribution in [0.2, 0.25) is 0 Å². The van der Waals surface area contributed by atoms with Gasteiger partial charge in [0.2, 0.25) is 0 Å². The van der Waals surface area contributed by atoms with E-state index in [1.165, 1.54) is 11.3 Å². The quantitative estimate of drug-likeness (QED) is 0.878. The van der Waals surface area contributed by atoms with Gasteiger partial charge in [-0.05, 0) is 40.2 Å². The minimum absolute atomic E-state index is 0.0383. The molecule has 2 aromatic rings. The summed E-state index contributed by atoms with van der Waals surface area (Å²) >= 11 is 6.46. The van der Waals surface area contributed by atoms with Gasteiger partial charge >= 0.3 is 0 Å². The van der Waals surface area contributed by atoms with Crippen LogP contribution in [0.25, 0.3) is 9.75 Å². The van der Waals surface area contributed by atoms with Gasteiger partial charge < -0.3 is 5.32 Å². The Hall–Kier alpha value is -1.16. The molecule has 0 bridgehead atoms. The molecule has 17 heavy (non-hydrogen) atoms. The Labute approximate surface area is 115 Å². The Morgan fingerprint density at radius 1 is 1.29 bits per heavy atom. The number of hydrogen-bond donors (Lipinski definition) is 1. The molecule has 0 radical (unpaired) electrons. The van der Waals surface area contributed by atoms with E-state index in [-0.39, 0.29) is 12.5 Å². The molecule has 0 unspecified atom stereocenters. The van der Waals surface area contributed by atoms with Crippen LogP contribution in [-0.4, -0.2) is 12.5 Å². The van der Waals surface area contributed by atoms with Crippen LogP contribution in [0, 0.1) is 11.3 Å². The van der Waals surface area contributed by atoms with Crippen LogP contribution in [0.4, 0.5) is 0 Å². The highest BCUT2D eigenvalue weighted by Crippen LogP contribution is 2.35. The van der Waals surface area contributed by atoms with E-state index in [0.717, 1.165) is 13.5 Å². The summed E-state index contributed by atoms with van der Waals surface area (Å²) in [4.78, 5) is 14.4. The lowest BCUT2D eigenvalue weighted by Gasteiger charge is -1.95. The topological polar surface area (TPSA) is 52.9 Å². The normalized spacial score (nSPS) is 9.88. The molecule has 0 saturated carbocycles. The van der Waals surface area contributed by atoms with Crippen molar-refractivity contribution in [3.8, 4) is 15.8 Å². The highest BCUT2D eigenvalue weighted by atomic mass is 79.9. The molecule has 3 nitrogen and oxygen atoms in total. The van der Waals surface area contributed by atoms with Crippen molar-refractivity contribution in [2.24, 2.45) is 0 Å². The largest absolute Gasteiger partial charge is 0.338 e. The molecular formula is C11H7BrN2OS2. The van der Waals surface area contributed by atoms with Crippen molar-refractivity contribution in [3.63, 3.8) is 0 Å². The Kier molecular flexibility index (Phi) is 3.94. The van der Waals surface area contributed by atoms with Crippen LogP contribution < -0.4 is 5.32 Å².